The van der Waals surface area contributed by atoms with Crippen molar-refractivity contribution < 1.29 is 21.2 Å². The number of hydrogen-bond acceptors (Lipinski definition) is 0. The first-order valence-corrected chi connectivity index (χ1v) is 9.68. The molecule has 0 atom stereocenters. The Labute approximate surface area is 140 Å². The molecule has 112 valence electrons. The van der Waals surface area contributed by atoms with Crippen LogP contribution in [0.4, 0.5) is 0 Å². The third-order valence-corrected chi connectivity index (χ3v) is 6.19. The summed E-state index contributed by atoms with van der Waals surface area (Å²) in [6.07, 6.45) is 0. The van der Waals surface area contributed by atoms with Crippen molar-refractivity contribution in [3.63, 3.8) is 0 Å². The van der Waals surface area contributed by atoms with Gasteiger partial charge in [0, 0.05) is 0 Å². The van der Waals surface area contributed by atoms with Gasteiger partial charge in [-0.1, -0.05) is 65.8 Å². The largest absolute Gasteiger partial charge is 0.357 e. The smallest absolute Gasteiger partial charge is 0.0582 e. The minimum atomic E-state index is -0.102. The fourth-order valence-electron chi connectivity index (χ4n) is 2.15. The lowest BCUT2D eigenvalue weighted by Crippen LogP contribution is -3.61. The minimum Gasteiger partial charge on any atom is -0.0582 e. The SMILES string of the molecule is CC(C)(C)c1cccc([I+]c2cccc(C(C)(C)C)c2)c1. The van der Waals surface area contributed by atoms with Crippen LogP contribution >= 0.6 is 0 Å². The van der Waals surface area contributed by atoms with Gasteiger partial charge in [0.2, 0.25) is 0 Å². The molecule has 0 saturated carbocycles. The quantitative estimate of drug-likeness (QED) is 0.688. The van der Waals surface area contributed by atoms with Crippen molar-refractivity contribution in [2.24, 2.45) is 0 Å². The van der Waals surface area contributed by atoms with Gasteiger partial charge in [-0.25, -0.2) is 0 Å². The van der Waals surface area contributed by atoms with E-state index in [0.717, 1.165) is 0 Å². The average Bonchev–Trinajstić information content (AvgIpc) is 2.37. The number of benzene rings is 2. The lowest BCUT2D eigenvalue weighted by Gasteiger charge is -2.18. The predicted octanol–water partition coefficient (Wildman–Crippen LogP) is 2.41. The van der Waals surface area contributed by atoms with Crippen molar-refractivity contribution in [1.82, 2.24) is 0 Å². The lowest BCUT2D eigenvalue weighted by atomic mass is 9.87. The van der Waals surface area contributed by atoms with Crippen LogP contribution in [-0.4, -0.2) is 0 Å². The molecule has 0 aliphatic carbocycles. The molecule has 0 aromatic heterocycles. The summed E-state index contributed by atoms with van der Waals surface area (Å²) in [5.74, 6) is 0. The van der Waals surface area contributed by atoms with Crippen LogP contribution < -0.4 is 21.2 Å². The van der Waals surface area contributed by atoms with E-state index in [-0.39, 0.29) is 32.0 Å². The van der Waals surface area contributed by atoms with Gasteiger partial charge in [0.25, 0.3) is 0 Å². The van der Waals surface area contributed by atoms with Gasteiger partial charge >= 0.3 is 21.2 Å². The molecule has 0 aliphatic heterocycles. The van der Waals surface area contributed by atoms with E-state index in [1.54, 1.807) is 0 Å². The van der Waals surface area contributed by atoms with Gasteiger partial charge < -0.3 is 0 Å². The normalized spacial score (nSPS) is 12.5. The van der Waals surface area contributed by atoms with E-state index in [1.165, 1.54) is 18.3 Å². The summed E-state index contributed by atoms with van der Waals surface area (Å²) in [4.78, 5) is 0. The molecule has 0 heterocycles. The van der Waals surface area contributed by atoms with E-state index >= 15 is 0 Å². The maximum absolute atomic E-state index is 2.40. The third kappa shape index (κ3) is 4.57. The summed E-state index contributed by atoms with van der Waals surface area (Å²) in [5, 5.41) is 0. The molecule has 0 bridgehead atoms. The summed E-state index contributed by atoms with van der Waals surface area (Å²) in [7, 11) is 0. The molecule has 0 spiro atoms. The summed E-state index contributed by atoms with van der Waals surface area (Å²) in [6, 6.07) is 18.3. The Bertz CT molecular complexity index is 557. The summed E-state index contributed by atoms with van der Waals surface area (Å²) in [6.45, 7) is 13.7. The highest BCUT2D eigenvalue weighted by atomic mass is 127. The van der Waals surface area contributed by atoms with Gasteiger partial charge in [-0.3, -0.25) is 0 Å². The zero-order valence-electron chi connectivity index (χ0n) is 14.0. The van der Waals surface area contributed by atoms with Crippen LogP contribution in [0.3, 0.4) is 0 Å². The highest BCUT2D eigenvalue weighted by Gasteiger charge is 2.22. The first kappa shape index (κ1) is 16.5. The minimum absolute atomic E-state index is 0.102. The van der Waals surface area contributed by atoms with Crippen molar-refractivity contribution >= 4 is 0 Å². The Morgan fingerprint density at radius 2 is 1.00 bits per heavy atom. The van der Waals surface area contributed by atoms with E-state index < -0.39 is 0 Å². The molecule has 0 N–H and O–H groups in total. The van der Waals surface area contributed by atoms with Gasteiger partial charge in [0.05, 0.1) is 0 Å². The highest BCUT2D eigenvalue weighted by Crippen LogP contribution is 2.22. The molecule has 0 saturated heterocycles. The van der Waals surface area contributed by atoms with E-state index in [2.05, 4.69) is 90.1 Å². The van der Waals surface area contributed by atoms with Crippen LogP contribution in [0, 0.1) is 7.14 Å². The fraction of sp³-hybridized carbons (Fsp3) is 0.400. The molecule has 2 aromatic rings. The molecular formula is C20H26I+. The van der Waals surface area contributed by atoms with E-state index in [4.69, 9.17) is 0 Å². The highest BCUT2D eigenvalue weighted by molar-refractivity contribution is 5.23. The Morgan fingerprint density at radius 3 is 1.33 bits per heavy atom. The Morgan fingerprint density at radius 1 is 0.619 bits per heavy atom. The molecule has 0 amide bonds. The second-order valence-corrected chi connectivity index (χ2v) is 10.6. The standard InChI is InChI=1S/C20H26I/c1-19(2,3)15-9-7-11-17(13-15)21-18-12-8-10-16(14-18)20(4,5)6/h7-14H,1-6H3/q+1. The van der Waals surface area contributed by atoms with Crippen LogP contribution in [0.2, 0.25) is 0 Å². The predicted molar refractivity (Wildman–Crippen MR) is 87.7 cm³/mol. The molecular weight excluding hydrogens is 367 g/mol. The molecule has 0 unspecified atom stereocenters. The Hall–Kier alpha value is -0.830. The Balaban J connectivity index is 2.27. The molecule has 0 radical (unpaired) electrons. The van der Waals surface area contributed by atoms with Gasteiger partial charge in [-0.2, -0.15) is 0 Å². The van der Waals surface area contributed by atoms with Crippen molar-refractivity contribution in [3.8, 4) is 0 Å². The number of rotatable bonds is 2. The van der Waals surface area contributed by atoms with Crippen molar-refractivity contribution in [2.45, 2.75) is 52.4 Å². The second kappa shape index (κ2) is 6.12. The van der Waals surface area contributed by atoms with Gasteiger partial charge in [0.15, 0.2) is 7.14 Å². The molecule has 21 heavy (non-hydrogen) atoms. The van der Waals surface area contributed by atoms with Crippen molar-refractivity contribution in [2.75, 3.05) is 0 Å². The first-order chi connectivity index (χ1) is 9.66. The maximum Gasteiger partial charge on any atom is 0.357 e. The molecule has 0 fully saturated rings. The van der Waals surface area contributed by atoms with Crippen LogP contribution in [0.15, 0.2) is 48.5 Å². The topological polar surface area (TPSA) is 0 Å². The van der Waals surface area contributed by atoms with Gasteiger partial charge in [-0.05, 0) is 46.2 Å². The van der Waals surface area contributed by atoms with E-state index in [9.17, 15) is 0 Å². The monoisotopic (exact) mass is 393 g/mol. The van der Waals surface area contributed by atoms with Crippen LogP contribution in [-0.2, 0) is 10.8 Å². The fourth-order valence-corrected chi connectivity index (χ4v) is 4.63. The molecule has 2 rings (SSSR count). The summed E-state index contributed by atoms with van der Waals surface area (Å²) in [5.41, 5.74) is 3.33. The summed E-state index contributed by atoms with van der Waals surface area (Å²) < 4.78 is 3.01. The van der Waals surface area contributed by atoms with Crippen molar-refractivity contribution in [3.05, 3.63) is 66.8 Å². The molecule has 0 nitrogen and oxygen atoms in total. The second-order valence-electron chi connectivity index (χ2n) is 7.62. The maximum atomic E-state index is 2.40. The van der Waals surface area contributed by atoms with E-state index in [0.29, 0.717) is 0 Å². The molecule has 1 heteroatoms. The Kier molecular flexibility index (Phi) is 4.82. The number of hydrogen-bond donors (Lipinski definition) is 0. The van der Waals surface area contributed by atoms with Gasteiger partial charge in [0.1, 0.15) is 0 Å². The zero-order chi connectivity index (χ0) is 15.7. The van der Waals surface area contributed by atoms with Gasteiger partial charge in [-0.15, -0.1) is 0 Å². The zero-order valence-corrected chi connectivity index (χ0v) is 16.2. The third-order valence-electron chi connectivity index (χ3n) is 3.60. The molecule has 0 aliphatic rings. The van der Waals surface area contributed by atoms with Crippen LogP contribution in [0.5, 0.6) is 0 Å². The number of halogens is 1. The van der Waals surface area contributed by atoms with E-state index in [1.807, 2.05) is 0 Å². The lowest BCUT2D eigenvalue weighted by molar-refractivity contribution is -0.597. The summed E-state index contributed by atoms with van der Waals surface area (Å²) >= 11 is -0.102. The average molecular weight is 393 g/mol. The molecule has 2 aromatic carbocycles. The van der Waals surface area contributed by atoms with Crippen molar-refractivity contribution in [1.29, 1.82) is 0 Å². The van der Waals surface area contributed by atoms with Crippen LogP contribution in [0.1, 0.15) is 52.7 Å². The first-order valence-electron chi connectivity index (χ1n) is 7.52. The van der Waals surface area contributed by atoms with Crippen LogP contribution in [0.25, 0.3) is 0 Å².